The van der Waals surface area contributed by atoms with Gasteiger partial charge in [-0.05, 0) is 31.9 Å². The Morgan fingerprint density at radius 2 is 2.05 bits per heavy atom. The standard InChI is InChI=1S/C17H19N3O/c1-4-13-15(19-10-20-17(13)18-5-2)14-9-12-8-6-7-11(3)16(12)21-14/h6-10H,4-5H2,1-3H3,(H,18,19,20). The van der Waals surface area contributed by atoms with Crippen LogP contribution in [0.15, 0.2) is 35.0 Å². The number of benzene rings is 1. The van der Waals surface area contributed by atoms with Crippen LogP contribution in [0.4, 0.5) is 5.82 Å². The first-order valence-electron chi connectivity index (χ1n) is 7.31. The maximum atomic E-state index is 6.04. The molecule has 2 heterocycles. The largest absolute Gasteiger partial charge is 0.454 e. The number of aromatic nitrogens is 2. The number of furan rings is 1. The van der Waals surface area contributed by atoms with Gasteiger partial charge in [0.1, 0.15) is 23.4 Å². The SMILES string of the molecule is CCNc1ncnc(-c2cc3cccc(C)c3o2)c1CC. The first-order chi connectivity index (χ1) is 10.2. The van der Waals surface area contributed by atoms with Gasteiger partial charge in [-0.25, -0.2) is 9.97 Å². The summed E-state index contributed by atoms with van der Waals surface area (Å²) in [6.07, 6.45) is 2.45. The Morgan fingerprint density at radius 1 is 1.19 bits per heavy atom. The van der Waals surface area contributed by atoms with E-state index in [1.165, 1.54) is 0 Å². The molecule has 0 saturated heterocycles. The zero-order valence-electron chi connectivity index (χ0n) is 12.6. The molecule has 1 N–H and O–H groups in total. The third-order valence-corrected chi connectivity index (χ3v) is 3.62. The number of fused-ring (bicyclic) bond motifs is 1. The Labute approximate surface area is 124 Å². The minimum Gasteiger partial charge on any atom is -0.454 e. The molecule has 0 saturated carbocycles. The quantitative estimate of drug-likeness (QED) is 0.779. The van der Waals surface area contributed by atoms with Gasteiger partial charge < -0.3 is 9.73 Å². The molecule has 0 fully saturated rings. The molecule has 1 aromatic carbocycles. The van der Waals surface area contributed by atoms with Gasteiger partial charge >= 0.3 is 0 Å². The zero-order chi connectivity index (χ0) is 14.8. The molecule has 4 nitrogen and oxygen atoms in total. The highest BCUT2D eigenvalue weighted by Crippen LogP contribution is 2.32. The molecule has 0 bridgehead atoms. The summed E-state index contributed by atoms with van der Waals surface area (Å²) in [7, 11) is 0. The van der Waals surface area contributed by atoms with E-state index in [0.717, 1.165) is 52.3 Å². The first kappa shape index (κ1) is 13.6. The fraction of sp³-hybridized carbons (Fsp3) is 0.294. The summed E-state index contributed by atoms with van der Waals surface area (Å²) in [6, 6.07) is 8.22. The average molecular weight is 281 g/mol. The highest BCUT2D eigenvalue weighted by molar-refractivity contribution is 5.85. The van der Waals surface area contributed by atoms with Crippen molar-refractivity contribution in [2.45, 2.75) is 27.2 Å². The van der Waals surface area contributed by atoms with Gasteiger partial charge in [0.05, 0.1) is 0 Å². The van der Waals surface area contributed by atoms with Crippen molar-refractivity contribution in [1.29, 1.82) is 0 Å². The Hall–Kier alpha value is -2.36. The molecular formula is C17H19N3O. The van der Waals surface area contributed by atoms with Crippen LogP contribution in [0.1, 0.15) is 25.0 Å². The lowest BCUT2D eigenvalue weighted by Gasteiger charge is -2.10. The molecule has 0 unspecified atom stereocenters. The fourth-order valence-electron chi connectivity index (χ4n) is 2.60. The van der Waals surface area contributed by atoms with Crippen molar-refractivity contribution in [2.75, 3.05) is 11.9 Å². The van der Waals surface area contributed by atoms with Crippen molar-refractivity contribution in [2.24, 2.45) is 0 Å². The van der Waals surface area contributed by atoms with Crippen LogP contribution < -0.4 is 5.32 Å². The van der Waals surface area contributed by atoms with Gasteiger partial charge in [0, 0.05) is 17.5 Å². The third-order valence-electron chi connectivity index (χ3n) is 3.62. The molecule has 2 aromatic heterocycles. The minimum absolute atomic E-state index is 0.803. The highest BCUT2D eigenvalue weighted by Gasteiger charge is 2.15. The van der Waals surface area contributed by atoms with E-state index >= 15 is 0 Å². The second-order valence-electron chi connectivity index (χ2n) is 5.04. The molecule has 4 heteroatoms. The van der Waals surface area contributed by atoms with Crippen LogP contribution >= 0.6 is 0 Å². The normalized spacial score (nSPS) is 11.0. The van der Waals surface area contributed by atoms with Crippen LogP contribution in [-0.2, 0) is 6.42 Å². The van der Waals surface area contributed by atoms with E-state index in [2.05, 4.69) is 54.3 Å². The second kappa shape index (κ2) is 5.56. The molecule has 0 spiro atoms. The number of nitrogens with one attached hydrogen (secondary N) is 1. The van der Waals surface area contributed by atoms with Gasteiger partial charge in [-0.2, -0.15) is 0 Å². The van der Waals surface area contributed by atoms with Gasteiger partial charge in [-0.1, -0.05) is 25.1 Å². The van der Waals surface area contributed by atoms with Crippen molar-refractivity contribution < 1.29 is 4.42 Å². The number of hydrogen-bond donors (Lipinski definition) is 1. The van der Waals surface area contributed by atoms with E-state index < -0.39 is 0 Å². The summed E-state index contributed by atoms with van der Waals surface area (Å²) in [6.45, 7) is 7.06. The number of aryl methyl sites for hydroxylation is 1. The second-order valence-corrected chi connectivity index (χ2v) is 5.04. The predicted molar refractivity (Wildman–Crippen MR) is 85.5 cm³/mol. The van der Waals surface area contributed by atoms with E-state index in [1.54, 1.807) is 6.33 Å². The average Bonchev–Trinajstić information content (AvgIpc) is 2.93. The first-order valence-corrected chi connectivity index (χ1v) is 7.31. The van der Waals surface area contributed by atoms with Gasteiger partial charge in [0.25, 0.3) is 0 Å². The molecule has 0 atom stereocenters. The van der Waals surface area contributed by atoms with Gasteiger partial charge in [0.15, 0.2) is 5.76 Å². The summed E-state index contributed by atoms with van der Waals surface area (Å²) in [4.78, 5) is 8.78. The number of para-hydroxylation sites is 1. The van der Waals surface area contributed by atoms with Crippen LogP contribution in [-0.4, -0.2) is 16.5 Å². The summed E-state index contributed by atoms with van der Waals surface area (Å²) < 4.78 is 6.04. The lowest BCUT2D eigenvalue weighted by molar-refractivity contribution is 0.624. The summed E-state index contributed by atoms with van der Waals surface area (Å²) in [5.74, 6) is 1.69. The summed E-state index contributed by atoms with van der Waals surface area (Å²) >= 11 is 0. The monoisotopic (exact) mass is 281 g/mol. The maximum Gasteiger partial charge on any atom is 0.154 e. The van der Waals surface area contributed by atoms with Crippen LogP contribution in [0.3, 0.4) is 0 Å². The molecule has 0 aliphatic rings. The maximum absolute atomic E-state index is 6.04. The zero-order valence-corrected chi connectivity index (χ0v) is 12.6. The Kier molecular flexibility index (Phi) is 3.60. The van der Waals surface area contributed by atoms with E-state index in [1.807, 2.05) is 6.07 Å². The van der Waals surface area contributed by atoms with E-state index in [-0.39, 0.29) is 0 Å². The molecule has 3 rings (SSSR count). The smallest absolute Gasteiger partial charge is 0.154 e. The number of nitrogens with zero attached hydrogens (tertiary/aromatic N) is 2. The minimum atomic E-state index is 0.803. The van der Waals surface area contributed by atoms with Crippen LogP contribution in [0.5, 0.6) is 0 Å². The Morgan fingerprint density at radius 3 is 2.76 bits per heavy atom. The lowest BCUT2D eigenvalue weighted by Crippen LogP contribution is -2.05. The van der Waals surface area contributed by atoms with Crippen LogP contribution in [0, 0.1) is 6.92 Å². The molecule has 0 aliphatic heterocycles. The third kappa shape index (κ3) is 2.37. The Balaban J connectivity index is 2.18. The van der Waals surface area contributed by atoms with E-state index in [4.69, 9.17) is 4.42 Å². The predicted octanol–water partition coefficient (Wildman–Crippen LogP) is 4.19. The molecule has 0 amide bonds. The molecular weight excluding hydrogens is 262 g/mol. The van der Waals surface area contributed by atoms with E-state index in [0.29, 0.717) is 0 Å². The topological polar surface area (TPSA) is 51.0 Å². The number of anilines is 1. The van der Waals surface area contributed by atoms with Crippen LogP contribution in [0.2, 0.25) is 0 Å². The van der Waals surface area contributed by atoms with Crippen molar-refractivity contribution in [3.05, 3.63) is 41.7 Å². The molecule has 21 heavy (non-hydrogen) atoms. The van der Waals surface area contributed by atoms with Gasteiger partial charge in [-0.15, -0.1) is 0 Å². The van der Waals surface area contributed by atoms with Crippen molar-refractivity contribution in [1.82, 2.24) is 9.97 Å². The van der Waals surface area contributed by atoms with Crippen molar-refractivity contribution in [3.8, 4) is 11.5 Å². The van der Waals surface area contributed by atoms with Gasteiger partial charge in [0.2, 0.25) is 0 Å². The van der Waals surface area contributed by atoms with Crippen molar-refractivity contribution >= 4 is 16.8 Å². The molecule has 0 aliphatic carbocycles. The van der Waals surface area contributed by atoms with Crippen molar-refractivity contribution in [3.63, 3.8) is 0 Å². The number of rotatable bonds is 4. The summed E-state index contributed by atoms with van der Waals surface area (Å²) in [5, 5.41) is 4.40. The summed E-state index contributed by atoms with van der Waals surface area (Å²) in [5.41, 5.74) is 4.03. The Bertz CT molecular complexity index is 777. The molecule has 3 aromatic rings. The molecule has 0 radical (unpaired) electrons. The lowest BCUT2D eigenvalue weighted by atomic mass is 10.1. The van der Waals surface area contributed by atoms with Gasteiger partial charge in [-0.3, -0.25) is 0 Å². The fourth-order valence-corrected chi connectivity index (χ4v) is 2.60. The molecule has 108 valence electrons. The van der Waals surface area contributed by atoms with E-state index in [9.17, 15) is 0 Å². The van der Waals surface area contributed by atoms with Crippen LogP contribution in [0.25, 0.3) is 22.4 Å². The highest BCUT2D eigenvalue weighted by atomic mass is 16.3. The number of hydrogen-bond acceptors (Lipinski definition) is 4.